The Balaban J connectivity index is 2.67. The lowest BCUT2D eigenvalue weighted by atomic mass is 10.1. The van der Waals surface area contributed by atoms with Gasteiger partial charge in [-0.1, -0.05) is 0 Å². The van der Waals surface area contributed by atoms with Crippen LogP contribution in [0.2, 0.25) is 0 Å². The maximum atomic E-state index is 11.3. The molecule has 0 aliphatic heterocycles. The van der Waals surface area contributed by atoms with Crippen molar-refractivity contribution in [2.45, 2.75) is 23.8 Å². The minimum absolute atomic E-state index is 0.0546. The Hall–Kier alpha value is -1.97. The second-order valence-electron chi connectivity index (χ2n) is 4.86. The molecule has 9 heteroatoms. The summed E-state index contributed by atoms with van der Waals surface area (Å²) >= 11 is 1.04. The smallest absolute Gasteiger partial charge is 0.321 e. The van der Waals surface area contributed by atoms with Crippen molar-refractivity contribution in [1.29, 1.82) is 0 Å². The van der Waals surface area contributed by atoms with Crippen LogP contribution in [0, 0.1) is 0 Å². The Morgan fingerprint density at radius 3 is 2.61 bits per heavy atom. The zero-order valence-corrected chi connectivity index (χ0v) is 13.3. The first-order valence-electron chi connectivity index (χ1n) is 6.98. The number of aromatic hydroxyl groups is 2. The highest BCUT2D eigenvalue weighted by molar-refractivity contribution is 7.99. The molecule has 0 aromatic heterocycles. The molecule has 8 nitrogen and oxygen atoms in total. The Morgan fingerprint density at radius 2 is 2.00 bits per heavy atom. The quantitative estimate of drug-likeness (QED) is 0.261. The number of hydrogen-bond donors (Lipinski definition) is 6. The first-order chi connectivity index (χ1) is 10.8. The molecule has 0 aliphatic carbocycles. The number of thioether (sulfide) groups is 1. The minimum atomic E-state index is -1.14. The molecule has 0 saturated carbocycles. The number of amides is 1. The lowest BCUT2D eigenvalue weighted by Gasteiger charge is -2.11. The van der Waals surface area contributed by atoms with Crippen molar-refractivity contribution in [3.8, 4) is 11.5 Å². The molecule has 8 N–H and O–H groups in total. The van der Waals surface area contributed by atoms with Crippen LogP contribution < -0.4 is 16.8 Å². The molecule has 0 saturated heterocycles. The predicted octanol–water partition coefficient (Wildman–Crippen LogP) is -0.391. The Labute approximate surface area is 137 Å². The molecule has 1 rings (SSSR count). The third-order valence-corrected chi connectivity index (χ3v) is 4.11. The molecule has 23 heavy (non-hydrogen) atoms. The number of carboxylic acid groups (broad SMARTS) is 1. The summed E-state index contributed by atoms with van der Waals surface area (Å²) in [6.45, 7) is 0.637. The first-order valence-corrected chi connectivity index (χ1v) is 7.96. The zero-order chi connectivity index (χ0) is 17.4. The maximum absolute atomic E-state index is 11.3. The number of carboxylic acids is 1. The monoisotopic (exact) mass is 343 g/mol. The molecule has 1 aromatic rings. The van der Waals surface area contributed by atoms with Crippen molar-refractivity contribution >= 4 is 23.6 Å². The molecule has 0 unspecified atom stereocenters. The van der Waals surface area contributed by atoms with Crippen LogP contribution in [0.25, 0.3) is 0 Å². The number of aliphatic carboxylic acids is 1. The Morgan fingerprint density at radius 1 is 1.30 bits per heavy atom. The number of phenols is 2. The van der Waals surface area contributed by atoms with E-state index in [2.05, 4.69) is 5.32 Å². The number of benzene rings is 1. The molecule has 0 aliphatic rings. The van der Waals surface area contributed by atoms with E-state index in [1.807, 2.05) is 0 Å². The van der Waals surface area contributed by atoms with Gasteiger partial charge in [-0.05, 0) is 24.1 Å². The Kier molecular flexibility index (Phi) is 7.66. The highest BCUT2D eigenvalue weighted by Crippen LogP contribution is 2.37. The number of carbonyl (C=O) groups is 2. The van der Waals surface area contributed by atoms with E-state index in [1.54, 1.807) is 6.07 Å². The van der Waals surface area contributed by atoms with Gasteiger partial charge in [0.25, 0.3) is 0 Å². The van der Waals surface area contributed by atoms with E-state index in [0.717, 1.165) is 11.8 Å². The van der Waals surface area contributed by atoms with Crippen molar-refractivity contribution < 1.29 is 24.9 Å². The molecule has 1 aromatic carbocycles. The van der Waals surface area contributed by atoms with Gasteiger partial charge in [0.1, 0.15) is 6.04 Å². The van der Waals surface area contributed by atoms with E-state index >= 15 is 0 Å². The van der Waals surface area contributed by atoms with Gasteiger partial charge in [-0.2, -0.15) is 0 Å². The lowest BCUT2D eigenvalue weighted by molar-refractivity contribution is -0.137. The Bertz CT molecular complexity index is 568. The average Bonchev–Trinajstić information content (AvgIpc) is 2.49. The van der Waals surface area contributed by atoms with Crippen molar-refractivity contribution in [3.63, 3.8) is 0 Å². The summed E-state index contributed by atoms with van der Waals surface area (Å²) in [5.41, 5.74) is 11.4. The first kappa shape index (κ1) is 19.1. The fraction of sp³-hybridized carbons (Fsp3) is 0.429. The van der Waals surface area contributed by atoms with Crippen LogP contribution in [0.15, 0.2) is 17.0 Å². The van der Waals surface area contributed by atoms with Crippen LogP contribution in [-0.2, 0) is 16.0 Å². The van der Waals surface area contributed by atoms with E-state index in [9.17, 15) is 19.8 Å². The topological polar surface area (TPSA) is 159 Å². The molecule has 0 spiro atoms. The van der Waals surface area contributed by atoms with Gasteiger partial charge >= 0.3 is 5.97 Å². The lowest BCUT2D eigenvalue weighted by Crippen LogP contribution is -2.32. The molecular formula is C14H21N3O5S. The van der Waals surface area contributed by atoms with Gasteiger partial charge in [0.2, 0.25) is 5.91 Å². The van der Waals surface area contributed by atoms with Crippen molar-refractivity contribution in [2.24, 2.45) is 11.5 Å². The van der Waals surface area contributed by atoms with Crippen LogP contribution in [0.4, 0.5) is 0 Å². The summed E-state index contributed by atoms with van der Waals surface area (Å²) in [5, 5.41) is 31.0. The van der Waals surface area contributed by atoms with Gasteiger partial charge in [0.15, 0.2) is 11.5 Å². The molecular weight excluding hydrogens is 322 g/mol. The van der Waals surface area contributed by atoms with E-state index < -0.39 is 12.0 Å². The molecule has 0 radical (unpaired) electrons. The second kappa shape index (κ2) is 9.23. The summed E-state index contributed by atoms with van der Waals surface area (Å²) in [7, 11) is 0. The van der Waals surface area contributed by atoms with Crippen molar-refractivity contribution in [2.75, 3.05) is 18.8 Å². The second-order valence-corrected chi connectivity index (χ2v) is 5.92. The highest BCUT2D eigenvalue weighted by atomic mass is 32.2. The SMILES string of the molecule is NCCC(=O)NCCc1cc(O)c(O)c(SC[C@@H](N)C(=O)O)c1. The van der Waals surface area contributed by atoms with Gasteiger partial charge in [-0.15, -0.1) is 11.8 Å². The van der Waals surface area contributed by atoms with Gasteiger partial charge in [-0.25, -0.2) is 0 Å². The van der Waals surface area contributed by atoms with Crippen LogP contribution >= 0.6 is 11.8 Å². The largest absolute Gasteiger partial charge is 0.504 e. The number of nitrogens with one attached hydrogen (secondary N) is 1. The number of nitrogens with two attached hydrogens (primary N) is 2. The molecule has 1 amide bonds. The summed E-state index contributed by atoms with van der Waals surface area (Å²) in [6.07, 6.45) is 0.692. The van der Waals surface area contributed by atoms with E-state index in [0.29, 0.717) is 23.4 Å². The van der Waals surface area contributed by atoms with Gasteiger partial charge in [0.05, 0.1) is 4.90 Å². The molecule has 1 atom stereocenters. The van der Waals surface area contributed by atoms with Crippen LogP contribution in [0.5, 0.6) is 11.5 Å². The number of rotatable bonds is 9. The summed E-state index contributed by atoms with van der Waals surface area (Å²) in [5.74, 6) is -1.86. The van der Waals surface area contributed by atoms with Crippen LogP contribution in [0.3, 0.4) is 0 Å². The molecule has 0 bridgehead atoms. The van der Waals surface area contributed by atoms with Gasteiger partial charge in [-0.3, -0.25) is 9.59 Å². The van der Waals surface area contributed by atoms with Crippen molar-refractivity contribution in [3.05, 3.63) is 17.7 Å². The van der Waals surface area contributed by atoms with E-state index in [-0.39, 0.29) is 36.1 Å². The number of carbonyl (C=O) groups excluding carboxylic acids is 1. The normalized spacial score (nSPS) is 11.9. The summed E-state index contributed by atoms with van der Waals surface area (Å²) < 4.78 is 0. The summed E-state index contributed by atoms with van der Waals surface area (Å²) in [4.78, 5) is 22.3. The fourth-order valence-corrected chi connectivity index (χ4v) is 2.70. The highest BCUT2D eigenvalue weighted by Gasteiger charge is 2.15. The van der Waals surface area contributed by atoms with Crippen LogP contribution in [0.1, 0.15) is 12.0 Å². The van der Waals surface area contributed by atoms with Gasteiger partial charge < -0.3 is 32.1 Å². The molecule has 128 valence electrons. The third kappa shape index (κ3) is 6.35. The number of phenolic OH excluding ortho intramolecular Hbond substituents is 2. The fourth-order valence-electron chi connectivity index (χ4n) is 1.72. The van der Waals surface area contributed by atoms with E-state index in [4.69, 9.17) is 16.6 Å². The summed E-state index contributed by atoms with van der Waals surface area (Å²) in [6, 6.07) is 1.95. The van der Waals surface area contributed by atoms with Crippen molar-refractivity contribution in [1.82, 2.24) is 5.32 Å². The molecule has 0 heterocycles. The third-order valence-electron chi connectivity index (χ3n) is 2.96. The average molecular weight is 343 g/mol. The standard InChI is InChI=1S/C14H21N3O5S/c15-3-1-12(19)17-4-2-8-5-10(18)13(20)11(6-8)23-7-9(16)14(21)22/h5-6,9,18,20H,1-4,7,15-16H2,(H,17,19)(H,21,22)/t9-/m1/s1. The predicted molar refractivity (Wildman–Crippen MR) is 86.5 cm³/mol. The molecule has 0 fully saturated rings. The minimum Gasteiger partial charge on any atom is -0.504 e. The van der Waals surface area contributed by atoms with Crippen LogP contribution in [-0.4, -0.2) is 52.1 Å². The zero-order valence-electron chi connectivity index (χ0n) is 12.5. The maximum Gasteiger partial charge on any atom is 0.321 e. The number of hydrogen-bond acceptors (Lipinski definition) is 7. The van der Waals surface area contributed by atoms with E-state index in [1.165, 1.54) is 6.07 Å². The van der Waals surface area contributed by atoms with Gasteiger partial charge in [0, 0.05) is 25.3 Å².